The second kappa shape index (κ2) is 4.49. The number of aliphatic carboxylic acids is 1. The van der Waals surface area contributed by atoms with Crippen LogP contribution in [0.2, 0.25) is 0 Å². The van der Waals surface area contributed by atoms with Gasteiger partial charge in [-0.1, -0.05) is 6.42 Å². The van der Waals surface area contributed by atoms with Gasteiger partial charge in [0.2, 0.25) is 0 Å². The lowest BCUT2D eigenvalue weighted by atomic mass is 10.1. The minimum Gasteiger partial charge on any atom is -0.481 e. The number of halogens is 1. The van der Waals surface area contributed by atoms with Crippen LogP contribution in [0, 0.1) is 5.92 Å². The summed E-state index contributed by atoms with van der Waals surface area (Å²) in [4.78, 5) is 10.8. The number of carbonyl (C=O) groups is 1. The van der Waals surface area contributed by atoms with E-state index in [2.05, 4.69) is 0 Å². The average Bonchev–Trinajstić information content (AvgIpc) is 2.51. The van der Waals surface area contributed by atoms with Crippen LogP contribution in [-0.2, 0) is 14.6 Å². The summed E-state index contributed by atoms with van der Waals surface area (Å²) in [6.45, 7) is 0. The van der Waals surface area contributed by atoms with E-state index in [1.807, 2.05) is 0 Å². The first-order valence-electron chi connectivity index (χ1n) is 4.49. The Morgan fingerprint density at radius 2 is 2.07 bits per heavy atom. The second-order valence-corrected chi connectivity index (χ2v) is 6.19. The number of rotatable bonds is 4. The lowest BCUT2D eigenvalue weighted by Crippen LogP contribution is -2.32. The van der Waals surface area contributed by atoms with E-state index in [-0.39, 0.29) is 11.6 Å². The Bertz CT molecular complexity index is 311. The van der Waals surface area contributed by atoms with E-state index in [1.54, 1.807) is 0 Å². The topological polar surface area (TPSA) is 71.4 Å². The molecule has 1 aliphatic carbocycles. The fourth-order valence-electron chi connectivity index (χ4n) is 1.90. The average molecular weight is 241 g/mol. The van der Waals surface area contributed by atoms with Crippen LogP contribution in [0.25, 0.3) is 0 Å². The van der Waals surface area contributed by atoms with Gasteiger partial charge in [-0.15, -0.1) is 11.6 Å². The van der Waals surface area contributed by atoms with Crippen molar-refractivity contribution < 1.29 is 18.3 Å². The molecule has 0 spiro atoms. The summed E-state index contributed by atoms with van der Waals surface area (Å²) in [6, 6.07) is 0. The van der Waals surface area contributed by atoms with Crippen LogP contribution in [0.4, 0.5) is 0 Å². The zero-order valence-corrected chi connectivity index (χ0v) is 9.22. The first-order chi connectivity index (χ1) is 6.49. The number of carboxylic acid groups (broad SMARTS) is 1. The molecule has 0 unspecified atom stereocenters. The fourth-order valence-corrected chi connectivity index (χ4v) is 4.34. The van der Waals surface area contributed by atoms with Crippen molar-refractivity contribution in [3.8, 4) is 0 Å². The van der Waals surface area contributed by atoms with Crippen LogP contribution in [0.15, 0.2) is 0 Å². The highest BCUT2D eigenvalue weighted by molar-refractivity contribution is 7.92. The summed E-state index contributed by atoms with van der Waals surface area (Å²) < 4.78 is 23.2. The maximum atomic E-state index is 11.6. The van der Waals surface area contributed by atoms with Crippen molar-refractivity contribution in [2.45, 2.75) is 24.5 Å². The predicted molar refractivity (Wildman–Crippen MR) is 53.3 cm³/mol. The number of carboxylic acids is 1. The minimum atomic E-state index is -3.32. The Morgan fingerprint density at radius 1 is 1.43 bits per heavy atom. The Kier molecular flexibility index (Phi) is 3.78. The molecule has 1 fully saturated rings. The summed E-state index contributed by atoms with van der Waals surface area (Å²) in [5, 5.41) is 8.09. The molecule has 0 aromatic rings. The third kappa shape index (κ3) is 2.39. The highest BCUT2D eigenvalue weighted by Crippen LogP contribution is 2.31. The normalized spacial score (nSPS) is 27.8. The van der Waals surface area contributed by atoms with Gasteiger partial charge < -0.3 is 5.11 Å². The first-order valence-corrected chi connectivity index (χ1v) is 6.74. The molecule has 1 saturated carbocycles. The molecule has 0 bridgehead atoms. The van der Waals surface area contributed by atoms with Crippen LogP contribution >= 0.6 is 11.6 Å². The quantitative estimate of drug-likeness (QED) is 0.741. The SMILES string of the molecule is O=C(O)[C@@H]1CCC[C@H]1S(=O)(=O)CCCl. The van der Waals surface area contributed by atoms with E-state index in [0.29, 0.717) is 19.3 Å². The number of hydrogen-bond acceptors (Lipinski definition) is 3. The zero-order valence-electron chi connectivity index (χ0n) is 7.65. The van der Waals surface area contributed by atoms with Gasteiger partial charge in [0.05, 0.1) is 16.9 Å². The van der Waals surface area contributed by atoms with Crippen molar-refractivity contribution in [2.75, 3.05) is 11.6 Å². The molecule has 0 radical (unpaired) electrons. The van der Waals surface area contributed by atoms with Gasteiger partial charge in [0.1, 0.15) is 0 Å². The number of hydrogen-bond donors (Lipinski definition) is 1. The minimum absolute atomic E-state index is 0.0329. The fraction of sp³-hybridized carbons (Fsp3) is 0.875. The Balaban J connectivity index is 2.81. The molecular formula is C8H13ClO4S. The molecule has 0 saturated heterocycles. The van der Waals surface area contributed by atoms with Crippen LogP contribution < -0.4 is 0 Å². The van der Waals surface area contributed by atoms with Crippen LogP contribution in [-0.4, -0.2) is 36.4 Å². The van der Waals surface area contributed by atoms with E-state index in [0.717, 1.165) is 0 Å². The molecule has 0 aromatic heterocycles. The van der Waals surface area contributed by atoms with Crippen LogP contribution in [0.1, 0.15) is 19.3 Å². The maximum absolute atomic E-state index is 11.6. The largest absolute Gasteiger partial charge is 0.481 e. The monoisotopic (exact) mass is 240 g/mol. The van der Waals surface area contributed by atoms with Gasteiger partial charge in [-0.3, -0.25) is 4.79 Å². The Labute approximate surface area is 88.2 Å². The van der Waals surface area contributed by atoms with Crippen LogP contribution in [0.5, 0.6) is 0 Å². The van der Waals surface area contributed by atoms with E-state index < -0.39 is 27.0 Å². The number of alkyl halides is 1. The van der Waals surface area contributed by atoms with E-state index in [1.165, 1.54) is 0 Å². The van der Waals surface area contributed by atoms with Gasteiger partial charge in [-0.05, 0) is 12.8 Å². The standard InChI is InChI=1S/C8H13ClO4S/c9-4-5-14(12,13)7-3-1-2-6(7)8(10)11/h6-7H,1-5H2,(H,10,11)/t6-,7-/m1/s1. The third-order valence-corrected chi connectivity index (χ3v) is 5.27. The van der Waals surface area contributed by atoms with Gasteiger partial charge in [0.25, 0.3) is 0 Å². The second-order valence-electron chi connectivity index (χ2n) is 3.47. The highest BCUT2D eigenvalue weighted by atomic mass is 35.5. The molecule has 0 aromatic carbocycles. The molecule has 0 heterocycles. The van der Waals surface area contributed by atoms with Crippen LogP contribution in [0.3, 0.4) is 0 Å². The summed E-state index contributed by atoms with van der Waals surface area (Å²) in [5.41, 5.74) is 0. The summed E-state index contributed by atoms with van der Waals surface area (Å²) in [5.74, 6) is -1.83. The van der Waals surface area contributed by atoms with Gasteiger partial charge in [0, 0.05) is 5.88 Å². The summed E-state index contributed by atoms with van der Waals surface area (Å²) >= 11 is 5.37. The molecule has 2 atom stereocenters. The van der Waals surface area contributed by atoms with Crippen molar-refractivity contribution in [3.05, 3.63) is 0 Å². The molecular weight excluding hydrogens is 228 g/mol. The maximum Gasteiger partial charge on any atom is 0.307 e. The van der Waals surface area contributed by atoms with Gasteiger partial charge >= 0.3 is 5.97 Å². The molecule has 0 aliphatic heterocycles. The first kappa shape index (κ1) is 11.8. The van der Waals surface area contributed by atoms with E-state index in [9.17, 15) is 13.2 Å². The molecule has 4 nitrogen and oxygen atoms in total. The molecule has 1 aliphatic rings. The number of sulfone groups is 1. The van der Waals surface area contributed by atoms with Crippen molar-refractivity contribution >= 4 is 27.4 Å². The van der Waals surface area contributed by atoms with E-state index in [4.69, 9.17) is 16.7 Å². The molecule has 82 valence electrons. The molecule has 0 amide bonds. The van der Waals surface area contributed by atoms with Crippen molar-refractivity contribution in [1.82, 2.24) is 0 Å². The van der Waals surface area contributed by atoms with Gasteiger partial charge in [-0.25, -0.2) is 8.42 Å². The summed E-state index contributed by atoms with van der Waals surface area (Å²) in [7, 11) is -3.32. The van der Waals surface area contributed by atoms with Gasteiger partial charge in [-0.2, -0.15) is 0 Å². The lowest BCUT2D eigenvalue weighted by Gasteiger charge is -2.15. The Hall–Kier alpha value is -0.290. The molecule has 1 rings (SSSR count). The third-order valence-electron chi connectivity index (χ3n) is 2.59. The van der Waals surface area contributed by atoms with Crippen molar-refractivity contribution in [3.63, 3.8) is 0 Å². The smallest absolute Gasteiger partial charge is 0.307 e. The highest BCUT2D eigenvalue weighted by Gasteiger charge is 2.40. The summed E-state index contributed by atoms with van der Waals surface area (Å²) in [6.07, 6.45) is 1.58. The molecule has 6 heteroatoms. The van der Waals surface area contributed by atoms with Crippen molar-refractivity contribution in [2.24, 2.45) is 5.92 Å². The molecule has 1 N–H and O–H groups in total. The van der Waals surface area contributed by atoms with Crippen molar-refractivity contribution in [1.29, 1.82) is 0 Å². The van der Waals surface area contributed by atoms with Gasteiger partial charge in [0.15, 0.2) is 9.84 Å². The lowest BCUT2D eigenvalue weighted by molar-refractivity contribution is -0.141. The van der Waals surface area contributed by atoms with E-state index >= 15 is 0 Å². The Morgan fingerprint density at radius 3 is 2.57 bits per heavy atom. The predicted octanol–water partition coefficient (Wildman–Crippen LogP) is 0.893. The zero-order chi connectivity index (χ0) is 10.8. The molecule has 14 heavy (non-hydrogen) atoms.